The highest BCUT2D eigenvalue weighted by molar-refractivity contribution is 5.28. The molecule has 2 rings (SSSR count). The molecule has 17 heavy (non-hydrogen) atoms. The van der Waals surface area contributed by atoms with E-state index in [0.717, 1.165) is 12.2 Å². The lowest BCUT2D eigenvalue weighted by molar-refractivity contribution is -0.0717. The summed E-state index contributed by atoms with van der Waals surface area (Å²) >= 11 is 0. The number of benzene rings is 1. The Balaban J connectivity index is 1.99. The van der Waals surface area contributed by atoms with Crippen molar-refractivity contribution in [2.24, 2.45) is 11.3 Å². The highest BCUT2D eigenvalue weighted by Crippen LogP contribution is 2.46. The first-order valence-electron chi connectivity index (χ1n) is 6.78. The topological polar surface area (TPSA) is 9.23 Å². The molecule has 0 aliphatic heterocycles. The van der Waals surface area contributed by atoms with Crippen molar-refractivity contribution >= 4 is 0 Å². The molecule has 2 atom stereocenters. The van der Waals surface area contributed by atoms with E-state index >= 15 is 0 Å². The summed E-state index contributed by atoms with van der Waals surface area (Å²) in [6.07, 6.45) is 4.00. The third-order valence-corrected chi connectivity index (χ3v) is 3.86. The zero-order valence-corrected chi connectivity index (χ0v) is 11.5. The van der Waals surface area contributed by atoms with Crippen LogP contribution in [-0.2, 0) is 6.42 Å². The minimum absolute atomic E-state index is 0.335. The summed E-state index contributed by atoms with van der Waals surface area (Å²) in [5, 5.41) is 0. The van der Waals surface area contributed by atoms with E-state index in [1.807, 2.05) is 0 Å². The normalized spacial score (nSPS) is 26.4. The second kappa shape index (κ2) is 4.72. The van der Waals surface area contributed by atoms with Crippen LogP contribution in [0, 0.1) is 11.3 Å². The van der Waals surface area contributed by atoms with Crippen LogP contribution in [0.1, 0.15) is 46.1 Å². The maximum absolute atomic E-state index is 6.11. The Morgan fingerprint density at radius 1 is 1.24 bits per heavy atom. The second-order valence-corrected chi connectivity index (χ2v) is 6.10. The van der Waals surface area contributed by atoms with Crippen molar-refractivity contribution in [3.63, 3.8) is 0 Å². The van der Waals surface area contributed by atoms with Gasteiger partial charge in [0.15, 0.2) is 0 Å². The minimum Gasteiger partial charge on any atom is -0.490 e. The summed E-state index contributed by atoms with van der Waals surface area (Å²) in [5.41, 5.74) is 1.74. The Morgan fingerprint density at radius 2 is 1.88 bits per heavy atom. The van der Waals surface area contributed by atoms with E-state index in [1.54, 1.807) is 0 Å². The smallest absolute Gasteiger partial charge is 0.119 e. The molecule has 1 nitrogen and oxygen atoms in total. The van der Waals surface area contributed by atoms with E-state index < -0.39 is 0 Å². The summed E-state index contributed by atoms with van der Waals surface area (Å²) in [5.74, 6) is 1.70. The average Bonchev–Trinajstić information content (AvgIpc) is 2.28. The van der Waals surface area contributed by atoms with Crippen molar-refractivity contribution in [3.05, 3.63) is 29.8 Å². The predicted octanol–water partition coefficient (Wildman–Crippen LogP) is 4.45. The third-order valence-electron chi connectivity index (χ3n) is 3.86. The maximum Gasteiger partial charge on any atom is 0.119 e. The number of rotatable bonds is 4. The summed E-state index contributed by atoms with van der Waals surface area (Å²) in [6, 6.07) is 8.61. The van der Waals surface area contributed by atoms with E-state index in [-0.39, 0.29) is 0 Å². The molecule has 0 amide bonds. The number of hydrogen-bond acceptors (Lipinski definition) is 1. The molecule has 1 fully saturated rings. The molecule has 1 heteroatoms. The van der Waals surface area contributed by atoms with Gasteiger partial charge in [0.1, 0.15) is 11.9 Å². The summed E-state index contributed by atoms with van der Waals surface area (Å²) in [4.78, 5) is 0. The molecule has 1 aromatic carbocycles. The fraction of sp³-hybridized carbons (Fsp3) is 0.625. The van der Waals surface area contributed by atoms with Gasteiger partial charge >= 0.3 is 0 Å². The fourth-order valence-electron chi connectivity index (χ4n) is 3.11. The van der Waals surface area contributed by atoms with Crippen molar-refractivity contribution in [1.29, 1.82) is 0 Å². The van der Waals surface area contributed by atoms with Gasteiger partial charge in [0.05, 0.1) is 0 Å². The minimum atomic E-state index is 0.335. The van der Waals surface area contributed by atoms with E-state index in [2.05, 4.69) is 52.0 Å². The standard InChI is InChI=1S/C16H24O/c1-5-6-13-7-9-14(10-8-13)17-15-12(2)11-16(15,3)4/h7-10,12,15H,5-6,11H2,1-4H3/t12-,15+/m0/s1. The Kier molecular flexibility index (Phi) is 3.46. The lowest BCUT2D eigenvalue weighted by Gasteiger charge is -2.49. The van der Waals surface area contributed by atoms with Crippen LogP contribution < -0.4 is 4.74 Å². The van der Waals surface area contributed by atoms with Crippen LogP contribution in [0.5, 0.6) is 5.75 Å². The van der Waals surface area contributed by atoms with E-state index in [1.165, 1.54) is 18.4 Å². The molecule has 0 unspecified atom stereocenters. The molecular formula is C16H24O. The zero-order valence-electron chi connectivity index (χ0n) is 11.5. The van der Waals surface area contributed by atoms with Crippen molar-refractivity contribution in [2.45, 2.75) is 53.1 Å². The molecule has 1 saturated carbocycles. The molecule has 0 saturated heterocycles. The molecule has 0 N–H and O–H groups in total. The van der Waals surface area contributed by atoms with Gasteiger partial charge < -0.3 is 4.74 Å². The maximum atomic E-state index is 6.11. The molecule has 94 valence electrons. The predicted molar refractivity (Wildman–Crippen MR) is 72.4 cm³/mol. The van der Waals surface area contributed by atoms with Gasteiger partial charge in [-0.05, 0) is 36.5 Å². The number of hydrogen-bond donors (Lipinski definition) is 0. The monoisotopic (exact) mass is 232 g/mol. The first kappa shape index (κ1) is 12.5. The molecule has 1 aromatic rings. The largest absolute Gasteiger partial charge is 0.490 e. The summed E-state index contributed by atoms with van der Waals surface area (Å²) in [7, 11) is 0. The van der Waals surface area contributed by atoms with Crippen LogP contribution in [0.4, 0.5) is 0 Å². The van der Waals surface area contributed by atoms with Crippen LogP contribution in [0.2, 0.25) is 0 Å². The van der Waals surface area contributed by atoms with Gasteiger partial charge in [-0.25, -0.2) is 0 Å². The average molecular weight is 232 g/mol. The lowest BCUT2D eigenvalue weighted by atomic mass is 9.62. The van der Waals surface area contributed by atoms with Gasteiger partial charge in [-0.15, -0.1) is 0 Å². The van der Waals surface area contributed by atoms with Crippen molar-refractivity contribution < 1.29 is 4.74 Å². The van der Waals surface area contributed by atoms with Gasteiger partial charge in [0, 0.05) is 5.41 Å². The molecule has 0 bridgehead atoms. The van der Waals surface area contributed by atoms with Crippen LogP contribution in [-0.4, -0.2) is 6.10 Å². The van der Waals surface area contributed by atoms with Gasteiger partial charge in [-0.3, -0.25) is 0 Å². The molecule has 0 spiro atoms. The first-order chi connectivity index (χ1) is 8.03. The van der Waals surface area contributed by atoms with Gasteiger partial charge in [-0.1, -0.05) is 46.2 Å². The zero-order chi connectivity index (χ0) is 12.5. The molecule has 1 aliphatic rings. The van der Waals surface area contributed by atoms with Gasteiger partial charge in [0.25, 0.3) is 0 Å². The van der Waals surface area contributed by atoms with Crippen LogP contribution in [0.15, 0.2) is 24.3 Å². The van der Waals surface area contributed by atoms with Crippen molar-refractivity contribution in [1.82, 2.24) is 0 Å². The van der Waals surface area contributed by atoms with Crippen molar-refractivity contribution in [2.75, 3.05) is 0 Å². The SMILES string of the molecule is CCCc1ccc(O[C@@H]2[C@@H](C)CC2(C)C)cc1. The molecular weight excluding hydrogens is 208 g/mol. The lowest BCUT2D eigenvalue weighted by Crippen LogP contribution is -2.51. The fourth-order valence-corrected chi connectivity index (χ4v) is 3.11. The Labute approximate surface area is 105 Å². The highest BCUT2D eigenvalue weighted by Gasteiger charge is 2.46. The van der Waals surface area contributed by atoms with Crippen molar-refractivity contribution in [3.8, 4) is 5.75 Å². The first-order valence-corrected chi connectivity index (χ1v) is 6.78. The van der Waals surface area contributed by atoms with Crippen LogP contribution >= 0.6 is 0 Å². The molecule has 0 radical (unpaired) electrons. The van der Waals surface area contributed by atoms with E-state index in [9.17, 15) is 0 Å². The Hall–Kier alpha value is -0.980. The summed E-state index contributed by atoms with van der Waals surface area (Å²) < 4.78 is 6.11. The third kappa shape index (κ3) is 2.65. The van der Waals surface area contributed by atoms with Crippen LogP contribution in [0.3, 0.4) is 0 Å². The number of ether oxygens (including phenoxy) is 1. The van der Waals surface area contributed by atoms with Crippen LogP contribution in [0.25, 0.3) is 0 Å². The quantitative estimate of drug-likeness (QED) is 0.745. The summed E-state index contributed by atoms with van der Waals surface area (Å²) in [6.45, 7) is 9.08. The van der Waals surface area contributed by atoms with E-state index in [4.69, 9.17) is 4.74 Å². The Bertz CT molecular complexity index is 364. The second-order valence-electron chi connectivity index (χ2n) is 6.10. The molecule has 0 heterocycles. The highest BCUT2D eigenvalue weighted by atomic mass is 16.5. The molecule has 1 aliphatic carbocycles. The molecule has 0 aromatic heterocycles. The van der Waals surface area contributed by atoms with Gasteiger partial charge in [0.2, 0.25) is 0 Å². The Morgan fingerprint density at radius 3 is 2.35 bits per heavy atom. The number of aryl methyl sites for hydroxylation is 1. The van der Waals surface area contributed by atoms with E-state index in [0.29, 0.717) is 17.4 Å². The van der Waals surface area contributed by atoms with Gasteiger partial charge in [-0.2, -0.15) is 0 Å².